The summed E-state index contributed by atoms with van der Waals surface area (Å²) in [7, 11) is 0. The average molecular weight is 237 g/mol. The van der Waals surface area contributed by atoms with E-state index in [-0.39, 0.29) is 6.04 Å². The Morgan fingerprint density at radius 2 is 2.24 bits per heavy atom. The lowest BCUT2D eigenvalue weighted by molar-refractivity contribution is -0.144. The van der Waals surface area contributed by atoms with Gasteiger partial charge in [-0.3, -0.25) is 0 Å². The van der Waals surface area contributed by atoms with Crippen LogP contribution in [0.5, 0.6) is 5.75 Å². The number of benzene rings is 1. The molecule has 0 aromatic heterocycles. The first kappa shape index (κ1) is 13.5. The smallest absolute Gasteiger partial charge is 0.344 e. The van der Waals surface area contributed by atoms with E-state index in [1.807, 2.05) is 25.1 Å². The van der Waals surface area contributed by atoms with Crippen molar-refractivity contribution in [3.63, 3.8) is 0 Å². The van der Waals surface area contributed by atoms with E-state index in [1.54, 1.807) is 6.07 Å². The molecule has 1 rings (SSSR count). The van der Waals surface area contributed by atoms with Gasteiger partial charge in [0.15, 0.2) is 6.10 Å². The molecule has 2 atom stereocenters. The minimum absolute atomic E-state index is 0.127. The molecule has 0 aliphatic rings. The molecule has 0 saturated heterocycles. The molecule has 0 radical (unpaired) electrons. The Morgan fingerprint density at radius 3 is 2.82 bits per heavy atom. The number of aliphatic carboxylic acids is 1. The Balaban J connectivity index is 2.68. The van der Waals surface area contributed by atoms with Gasteiger partial charge in [0.1, 0.15) is 5.75 Å². The van der Waals surface area contributed by atoms with Gasteiger partial charge in [-0.2, -0.15) is 0 Å². The van der Waals surface area contributed by atoms with Crippen molar-refractivity contribution in [1.29, 1.82) is 0 Å². The molecule has 17 heavy (non-hydrogen) atoms. The van der Waals surface area contributed by atoms with E-state index in [2.05, 4.69) is 0 Å². The lowest BCUT2D eigenvalue weighted by Gasteiger charge is -2.13. The van der Waals surface area contributed by atoms with Gasteiger partial charge in [-0.25, -0.2) is 4.79 Å². The molecule has 4 heteroatoms. The summed E-state index contributed by atoms with van der Waals surface area (Å²) in [4.78, 5) is 10.7. The quantitative estimate of drug-likeness (QED) is 0.791. The van der Waals surface area contributed by atoms with Gasteiger partial charge >= 0.3 is 5.97 Å². The molecule has 0 bridgehead atoms. The molecular weight excluding hydrogens is 218 g/mol. The zero-order valence-electron chi connectivity index (χ0n) is 10.2. The van der Waals surface area contributed by atoms with Gasteiger partial charge in [0.25, 0.3) is 0 Å². The third-order valence-electron chi connectivity index (χ3n) is 2.58. The van der Waals surface area contributed by atoms with E-state index in [9.17, 15) is 4.79 Å². The number of ether oxygens (including phenoxy) is 1. The molecule has 94 valence electrons. The maximum atomic E-state index is 10.7. The number of hydrogen-bond donors (Lipinski definition) is 2. The molecule has 0 fully saturated rings. The third kappa shape index (κ3) is 4.44. The van der Waals surface area contributed by atoms with Crippen LogP contribution in [0.15, 0.2) is 24.3 Å². The van der Waals surface area contributed by atoms with Crippen LogP contribution in [-0.4, -0.2) is 23.2 Å². The van der Waals surface area contributed by atoms with Crippen molar-refractivity contribution in [3.05, 3.63) is 29.8 Å². The van der Waals surface area contributed by atoms with Gasteiger partial charge < -0.3 is 15.6 Å². The van der Waals surface area contributed by atoms with Crippen molar-refractivity contribution >= 4 is 5.97 Å². The van der Waals surface area contributed by atoms with Crippen LogP contribution in [0.3, 0.4) is 0 Å². The number of rotatable bonds is 6. The highest BCUT2D eigenvalue weighted by Crippen LogP contribution is 2.16. The largest absolute Gasteiger partial charge is 0.479 e. The van der Waals surface area contributed by atoms with E-state index in [0.29, 0.717) is 5.75 Å². The summed E-state index contributed by atoms with van der Waals surface area (Å²) in [5.74, 6) is -0.402. The fraction of sp³-hybridized carbons (Fsp3) is 0.462. The van der Waals surface area contributed by atoms with Gasteiger partial charge in [0, 0.05) is 6.04 Å². The number of hydrogen-bond acceptors (Lipinski definition) is 3. The second kappa shape index (κ2) is 6.25. The maximum absolute atomic E-state index is 10.7. The normalized spacial score (nSPS) is 14.1. The van der Waals surface area contributed by atoms with Crippen LogP contribution in [0.4, 0.5) is 0 Å². The highest BCUT2D eigenvalue weighted by Gasteiger charge is 2.12. The molecule has 0 heterocycles. The lowest BCUT2D eigenvalue weighted by atomic mass is 10.0. The standard InChI is InChI=1S/C13H19NO3/c1-3-11(14)7-10-5-4-6-12(8-10)17-9(2)13(15)16/h4-6,8-9,11H,3,7,14H2,1-2H3,(H,15,16). The summed E-state index contributed by atoms with van der Waals surface area (Å²) in [6.45, 7) is 3.55. The minimum atomic E-state index is -0.972. The van der Waals surface area contributed by atoms with Crippen LogP contribution in [0.1, 0.15) is 25.8 Å². The predicted molar refractivity (Wildman–Crippen MR) is 66.1 cm³/mol. The topological polar surface area (TPSA) is 72.5 Å². The number of carbonyl (C=O) groups is 1. The van der Waals surface area contributed by atoms with Gasteiger partial charge in [-0.1, -0.05) is 19.1 Å². The highest BCUT2D eigenvalue weighted by atomic mass is 16.5. The maximum Gasteiger partial charge on any atom is 0.344 e. The van der Waals surface area contributed by atoms with Gasteiger partial charge in [0.2, 0.25) is 0 Å². The third-order valence-corrected chi connectivity index (χ3v) is 2.58. The monoisotopic (exact) mass is 237 g/mol. The second-order valence-electron chi connectivity index (χ2n) is 4.12. The molecule has 0 spiro atoms. The average Bonchev–Trinajstić information content (AvgIpc) is 2.29. The van der Waals surface area contributed by atoms with Crippen LogP contribution in [-0.2, 0) is 11.2 Å². The zero-order chi connectivity index (χ0) is 12.8. The molecule has 0 saturated carbocycles. The van der Waals surface area contributed by atoms with Crippen molar-refractivity contribution in [2.75, 3.05) is 0 Å². The van der Waals surface area contributed by atoms with Gasteiger partial charge in [-0.15, -0.1) is 0 Å². The molecule has 0 amide bonds. The van der Waals surface area contributed by atoms with Crippen molar-refractivity contribution < 1.29 is 14.6 Å². The molecule has 0 aliphatic heterocycles. The van der Waals surface area contributed by atoms with Crippen LogP contribution in [0.2, 0.25) is 0 Å². The van der Waals surface area contributed by atoms with Crippen LogP contribution in [0, 0.1) is 0 Å². The Morgan fingerprint density at radius 1 is 1.53 bits per heavy atom. The van der Waals surface area contributed by atoms with E-state index in [4.69, 9.17) is 15.6 Å². The summed E-state index contributed by atoms with van der Waals surface area (Å²) in [5.41, 5.74) is 6.93. The van der Waals surface area contributed by atoms with Crippen molar-refractivity contribution in [1.82, 2.24) is 0 Å². The van der Waals surface area contributed by atoms with Crippen molar-refractivity contribution in [2.45, 2.75) is 38.8 Å². The Hall–Kier alpha value is -1.55. The lowest BCUT2D eigenvalue weighted by Crippen LogP contribution is -2.23. The summed E-state index contributed by atoms with van der Waals surface area (Å²) >= 11 is 0. The van der Waals surface area contributed by atoms with E-state index in [0.717, 1.165) is 18.4 Å². The SMILES string of the molecule is CCC(N)Cc1cccc(OC(C)C(=O)O)c1. The van der Waals surface area contributed by atoms with Gasteiger partial charge in [-0.05, 0) is 37.5 Å². The predicted octanol–water partition coefficient (Wildman–Crippen LogP) is 1.82. The van der Waals surface area contributed by atoms with E-state index >= 15 is 0 Å². The summed E-state index contributed by atoms with van der Waals surface area (Å²) < 4.78 is 5.29. The first-order chi connectivity index (χ1) is 8.02. The second-order valence-corrected chi connectivity index (χ2v) is 4.12. The minimum Gasteiger partial charge on any atom is -0.479 e. The Labute approximate surface area is 101 Å². The summed E-state index contributed by atoms with van der Waals surface area (Å²) in [5, 5.41) is 8.75. The Bertz CT molecular complexity index is 379. The van der Waals surface area contributed by atoms with Crippen LogP contribution < -0.4 is 10.5 Å². The summed E-state index contributed by atoms with van der Waals surface area (Å²) in [6, 6.07) is 7.53. The molecule has 1 aromatic rings. The van der Waals surface area contributed by atoms with Crippen molar-refractivity contribution in [3.8, 4) is 5.75 Å². The van der Waals surface area contributed by atoms with Gasteiger partial charge in [0.05, 0.1) is 0 Å². The number of carboxylic acid groups (broad SMARTS) is 1. The molecular formula is C13H19NO3. The molecule has 3 N–H and O–H groups in total. The zero-order valence-corrected chi connectivity index (χ0v) is 10.2. The fourth-order valence-electron chi connectivity index (χ4n) is 1.45. The number of carboxylic acids is 1. The first-order valence-corrected chi connectivity index (χ1v) is 5.77. The van der Waals surface area contributed by atoms with E-state index < -0.39 is 12.1 Å². The Kier molecular flexibility index (Phi) is 4.97. The molecule has 0 aliphatic carbocycles. The van der Waals surface area contributed by atoms with E-state index in [1.165, 1.54) is 6.92 Å². The highest BCUT2D eigenvalue weighted by molar-refractivity contribution is 5.72. The van der Waals surface area contributed by atoms with Crippen LogP contribution >= 0.6 is 0 Å². The molecule has 4 nitrogen and oxygen atoms in total. The van der Waals surface area contributed by atoms with Crippen molar-refractivity contribution in [2.24, 2.45) is 5.73 Å². The number of nitrogens with two attached hydrogens (primary N) is 1. The van der Waals surface area contributed by atoms with Crippen LogP contribution in [0.25, 0.3) is 0 Å². The molecule has 1 aromatic carbocycles. The summed E-state index contributed by atoms with van der Waals surface area (Å²) in [6.07, 6.45) is 0.844. The molecule has 2 unspecified atom stereocenters. The fourth-order valence-corrected chi connectivity index (χ4v) is 1.45. The first-order valence-electron chi connectivity index (χ1n) is 5.77.